The number of hydrogen-bond acceptors (Lipinski definition) is 4. The van der Waals surface area contributed by atoms with Crippen molar-refractivity contribution in [2.45, 2.75) is 12.7 Å². The van der Waals surface area contributed by atoms with Crippen LogP contribution in [-0.2, 0) is 10.5 Å². The zero-order chi connectivity index (χ0) is 18.1. The lowest BCUT2D eigenvalue weighted by Gasteiger charge is -2.08. The normalized spacial score (nSPS) is 10.3. The highest BCUT2D eigenvalue weighted by atomic mass is 32.2. The Morgan fingerprint density at radius 3 is 2.72 bits per heavy atom. The number of thioether (sulfide) groups is 1. The molecule has 2 aromatic rings. The van der Waals surface area contributed by atoms with E-state index in [1.54, 1.807) is 54.2 Å². The zero-order valence-electron chi connectivity index (χ0n) is 14.0. The third kappa shape index (κ3) is 6.58. The average Bonchev–Trinajstić information content (AvgIpc) is 2.61. The Labute approximate surface area is 150 Å². The zero-order valence-corrected chi connectivity index (χ0v) is 14.8. The van der Waals surface area contributed by atoms with Crippen molar-refractivity contribution in [3.8, 4) is 5.75 Å². The van der Waals surface area contributed by atoms with Crippen molar-refractivity contribution < 1.29 is 18.7 Å². The second-order valence-electron chi connectivity index (χ2n) is 5.37. The number of hydrogen-bond donors (Lipinski definition) is 1. The highest BCUT2D eigenvalue weighted by molar-refractivity contribution is 7.98. The maximum atomic E-state index is 13.4. The maximum absolute atomic E-state index is 13.4. The van der Waals surface area contributed by atoms with Crippen LogP contribution in [-0.4, -0.2) is 30.6 Å². The molecule has 25 heavy (non-hydrogen) atoms. The standard InChI is InChI=1S/C19H20FNO3S/c1-14(22)15-6-4-7-17(11-15)24-12-19(23)21-9-10-25-13-16-5-2-3-8-18(16)20/h2-8,11H,9-10,12-13H2,1H3,(H,21,23). The van der Waals surface area contributed by atoms with Gasteiger partial charge >= 0.3 is 0 Å². The molecule has 0 atom stereocenters. The molecule has 2 aromatic carbocycles. The van der Waals surface area contributed by atoms with Gasteiger partial charge in [0, 0.05) is 23.6 Å². The molecule has 4 nitrogen and oxygen atoms in total. The van der Waals surface area contributed by atoms with Gasteiger partial charge in [0.05, 0.1) is 0 Å². The lowest BCUT2D eigenvalue weighted by Crippen LogP contribution is -2.30. The van der Waals surface area contributed by atoms with Crippen LogP contribution in [0, 0.1) is 5.82 Å². The van der Waals surface area contributed by atoms with E-state index in [-0.39, 0.29) is 24.1 Å². The summed E-state index contributed by atoms with van der Waals surface area (Å²) in [5, 5.41) is 2.75. The van der Waals surface area contributed by atoms with E-state index in [0.717, 1.165) is 0 Å². The molecule has 1 amide bonds. The first kappa shape index (κ1) is 19.0. The van der Waals surface area contributed by atoms with E-state index < -0.39 is 0 Å². The number of rotatable bonds is 9. The molecule has 0 aromatic heterocycles. The van der Waals surface area contributed by atoms with Crippen molar-refractivity contribution >= 4 is 23.5 Å². The van der Waals surface area contributed by atoms with Gasteiger partial charge in [0.15, 0.2) is 12.4 Å². The smallest absolute Gasteiger partial charge is 0.257 e. The Morgan fingerprint density at radius 2 is 1.96 bits per heavy atom. The van der Waals surface area contributed by atoms with Gasteiger partial charge in [-0.25, -0.2) is 4.39 Å². The van der Waals surface area contributed by atoms with Crippen LogP contribution in [0.15, 0.2) is 48.5 Å². The lowest BCUT2D eigenvalue weighted by atomic mass is 10.1. The van der Waals surface area contributed by atoms with E-state index in [1.807, 2.05) is 0 Å². The minimum atomic E-state index is -0.236. The Hall–Kier alpha value is -2.34. The molecule has 0 heterocycles. The van der Waals surface area contributed by atoms with Gasteiger partial charge in [0.2, 0.25) is 0 Å². The number of halogens is 1. The fourth-order valence-corrected chi connectivity index (χ4v) is 2.91. The first-order valence-corrected chi connectivity index (χ1v) is 9.03. The number of Topliss-reactive ketones (excluding diaryl/α,β-unsaturated/α-hetero) is 1. The summed E-state index contributed by atoms with van der Waals surface area (Å²) in [5.74, 6) is 1.23. The Bertz CT molecular complexity index is 736. The number of carbonyl (C=O) groups is 2. The van der Waals surface area contributed by atoms with Crippen LogP contribution in [0.25, 0.3) is 0 Å². The summed E-state index contributed by atoms with van der Waals surface area (Å²) >= 11 is 1.55. The van der Waals surface area contributed by atoms with Crippen LogP contribution >= 0.6 is 11.8 Å². The van der Waals surface area contributed by atoms with Crippen LogP contribution in [0.2, 0.25) is 0 Å². The molecule has 0 bridgehead atoms. The first-order chi connectivity index (χ1) is 12.1. The highest BCUT2D eigenvalue weighted by Crippen LogP contribution is 2.15. The molecular formula is C19H20FNO3S. The fraction of sp³-hybridized carbons (Fsp3) is 0.263. The monoisotopic (exact) mass is 361 g/mol. The van der Waals surface area contributed by atoms with Crippen LogP contribution in [0.1, 0.15) is 22.8 Å². The Kier molecular flexibility index (Phi) is 7.47. The first-order valence-electron chi connectivity index (χ1n) is 7.88. The molecular weight excluding hydrogens is 341 g/mol. The number of nitrogens with one attached hydrogen (secondary N) is 1. The molecule has 132 valence electrons. The van der Waals surface area contributed by atoms with E-state index in [4.69, 9.17) is 4.74 Å². The number of amides is 1. The highest BCUT2D eigenvalue weighted by Gasteiger charge is 2.05. The van der Waals surface area contributed by atoms with Crippen molar-refractivity contribution in [1.29, 1.82) is 0 Å². The second-order valence-corrected chi connectivity index (χ2v) is 6.47. The molecule has 2 rings (SSSR count). The quantitative estimate of drug-likeness (QED) is 0.549. The van der Waals surface area contributed by atoms with Crippen molar-refractivity contribution in [1.82, 2.24) is 5.32 Å². The van der Waals surface area contributed by atoms with Crippen LogP contribution in [0.4, 0.5) is 4.39 Å². The van der Waals surface area contributed by atoms with Gasteiger partial charge < -0.3 is 10.1 Å². The van der Waals surface area contributed by atoms with Crippen LogP contribution in [0.5, 0.6) is 5.75 Å². The summed E-state index contributed by atoms with van der Waals surface area (Å²) in [6.45, 7) is 1.85. The summed E-state index contributed by atoms with van der Waals surface area (Å²) < 4.78 is 18.8. The number of benzene rings is 2. The predicted molar refractivity (Wildman–Crippen MR) is 97.5 cm³/mol. The maximum Gasteiger partial charge on any atom is 0.257 e. The van der Waals surface area contributed by atoms with Gasteiger partial charge in [-0.05, 0) is 30.7 Å². The summed E-state index contributed by atoms with van der Waals surface area (Å²) in [5.41, 5.74) is 1.20. The molecule has 0 aliphatic rings. The predicted octanol–water partition coefficient (Wildman–Crippen LogP) is 3.46. The minimum absolute atomic E-state index is 0.0539. The SMILES string of the molecule is CC(=O)c1cccc(OCC(=O)NCCSCc2ccccc2F)c1. The van der Waals surface area contributed by atoms with Gasteiger partial charge in [0.25, 0.3) is 5.91 Å². The minimum Gasteiger partial charge on any atom is -0.484 e. The summed E-state index contributed by atoms with van der Waals surface area (Å²) in [4.78, 5) is 23.1. The largest absolute Gasteiger partial charge is 0.484 e. The van der Waals surface area contributed by atoms with Gasteiger partial charge in [0.1, 0.15) is 11.6 Å². The van der Waals surface area contributed by atoms with E-state index >= 15 is 0 Å². The van der Waals surface area contributed by atoms with E-state index in [0.29, 0.717) is 34.9 Å². The Morgan fingerprint density at radius 1 is 1.16 bits per heavy atom. The molecule has 0 radical (unpaired) electrons. The molecule has 0 aliphatic carbocycles. The van der Waals surface area contributed by atoms with Crippen LogP contribution < -0.4 is 10.1 Å². The van der Waals surface area contributed by atoms with Crippen molar-refractivity contribution in [3.05, 3.63) is 65.5 Å². The average molecular weight is 361 g/mol. The van der Waals surface area contributed by atoms with Gasteiger partial charge in [-0.1, -0.05) is 30.3 Å². The number of carbonyl (C=O) groups excluding carboxylic acids is 2. The molecule has 1 N–H and O–H groups in total. The van der Waals surface area contributed by atoms with E-state index in [9.17, 15) is 14.0 Å². The molecule has 0 aliphatic heterocycles. The van der Waals surface area contributed by atoms with E-state index in [1.165, 1.54) is 13.0 Å². The number of ketones is 1. The Balaban J connectivity index is 1.63. The summed E-state index contributed by atoms with van der Waals surface area (Å²) in [6, 6.07) is 13.4. The number of ether oxygens (including phenoxy) is 1. The van der Waals surface area contributed by atoms with Crippen molar-refractivity contribution in [2.75, 3.05) is 18.9 Å². The summed E-state index contributed by atoms with van der Waals surface area (Å²) in [7, 11) is 0. The molecule has 0 fully saturated rings. The van der Waals surface area contributed by atoms with E-state index in [2.05, 4.69) is 5.32 Å². The molecule has 0 saturated heterocycles. The molecule has 0 unspecified atom stereocenters. The molecule has 0 saturated carbocycles. The topological polar surface area (TPSA) is 55.4 Å². The van der Waals surface area contributed by atoms with Crippen molar-refractivity contribution in [2.24, 2.45) is 0 Å². The molecule has 0 spiro atoms. The van der Waals surface area contributed by atoms with Gasteiger partial charge in [-0.15, -0.1) is 0 Å². The van der Waals surface area contributed by atoms with Gasteiger partial charge in [-0.2, -0.15) is 11.8 Å². The fourth-order valence-electron chi connectivity index (χ4n) is 2.06. The summed E-state index contributed by atoms with van der Waals surface area (Å²) in [6.07, 6.45) is 0. The molecule has 6 heteroatoms. The third-order valence-electron chi connectivity index (χ3n) is 3.39. The van der Waals surface area contributed by atoms with Crippen molar-refractivity contribution in [3.63, 3.8) is 0 Å². The third-order valence-corrected chi connectivity index (χ3v) is 4.40. The lowest BCUT2D eigenvalue weighted by molar-refractivity contribution is -0.122. The second kappa shape index (κ2) is 9.84. The van der Waals surface area contributed by atoms with Gasteiger partial charge in [-0.3, -0.25) is 9.59 Å². The van der Waals surface area contributed by atoms with Crippen LogP contribution in [0.3, 0.4) is 0 Å².